The van der Waals surface area contributed by atoms with Gasteiger partial charge in [-0.15, -0.1) is 11.3 Å². The maximum atomic E-state index is 11.9. The third-order valence-corrected chi connectivity index (χ3v) is 5.28. The van der Waals surface area contributed by atoms with Crippen molar-refractivity contribution in [3.8, 4) is 6.07 Å². The van der Waals surface area contributed by atoms with Gasteiger partial charge in [0.05, 0.1) is 21.2 Å². The number of hydrogen-bond donors (Lipinski definition) is 1. The molecule has 0 amide bonds. The minimum absolute atomic E-state index is 0.156. The predicted molar refractivity (Wildman–Crippen MR) is 66.8 cm³/mol. The standard InChI is InChI=1S/C9H11BrN2O2S2/c1-6(3-4-11)12-16(13,14)8-5-9(10)15-7(8)2/h5-6,12H,3H2,1-2H3. The lowest BCUT2D eigenvalue weighted by Crippen LogP contribution is -2.32. The summed E-state index contributed by atoms with van der Waals surface area (Å²) in [7, 11) is -3.51. The lowest BCUT2D eigenvalue weighted by molar-refractivity contribution is 0.563. The van der Waals surface area contributed by atoms with E-state index < -0.39 is 10.0 Å². The minimum Gasteiger partial charge on any atom is -0.207 e. The van der Waals surface area contributed by atoms with E-state index in [-0.39, 0.29) is 17.4 Å². The summed E-state index contributed by atoms with van der Waals surface area (Å²) >= 11 is 4.62. The normalized spacial score (nSPS) is 13.4. The van der Waals surface area contributed by atoms with E-state index in [1.165, 1.54) is 11.3 Å². The molecule has 0 aliphatic carbocycles. The highest BCUT2D eigenvalue weighted by Gasteiger charge is 2.21. The zero-order chi connectivity index (χ0) is 12.3. The molecule has 0 saturated heterocycles. The van der Waals surface area contributed by atoms with Crippen LogP contribution in [0.5, 0.6) is 0 Å². The predicted octanol–water partition coefficient (Wildman–Crippen LogP) is 2.40. The molecule has 4 nitrogen and oxygen atoms in total. The molecular weight excluding hydrogens is 312 g/mol. The first kappa shape index (κ1) is 13.6. The van der Waals surface area contributed by atoms with Gasteiger partial charge in [0.2, 0.25) is 10.0 Å². The van der Waals surface area contributed by atoms with E-state index in [4.69, 9.17) is 5.26 Å². The fourth-order valence-corrected chi connectivity index (χ4v) is 4.86. The van der Waals surface area contributed by atoms with Crippen molar-refractivity contribution in [2.45, 2.75) is 31.2 Å². The fourth-order valence-electron chi connectivity index (χ4n) is 1.20. The van der Waals surface area contributed by atoms with Crippen LogP contribution in [-0.2, 0) is 10.0 Å². The maximum Gasteiger partial charge on any atom is 0.241 e. The van der Waals surface area contributed by atoms with Gasteiger partial charge >= 0.3 is 0 Å². The largest absolute Gasteiger partial charge is 0.241 e. The van der Waals surface area contributed by atoms with E-state index in [0.717, 1.165) is 8.66 Å². The van der Waals surface area contributed by atoms with Gasteiger partial charge in [-0.25, -0.2) is 13.1 Å². The van der Waals surface area contributed by atoms with Gasteiger partial charge in [-0.2, -0.15) is 5.26 Å². The Balaban J connectivity index is 2.95. The molecular formula is C9H11BrN2O2S2. The number of rotatable bonds is 4. The first-order valence-electron chi connectivity index (χ1n) is 4.52. The highest BCUT2D eigenvalue weighted by molar-refractivity contribution is 9.11. The number of halogens is 1. The van der Waals surface area contributed by atoms with Crippen molar-refractivity contribution in [1.82, 2.24) is 4.72 Å². The molecule has 0 fully saturated rings. The Labute approximate surface area is 107 Å². The van der Waals surface area contributed by atoms with Crippen LogP contribution in [0.25, 0.3) is 0 Å². The fraction of sp³-hybridized carbons (Fsp3) is 0.444. The van der Waals surface area contributed by atoms with E-state index in [0.29, 0.717) is 0 Å². The van der Waals surface area contributed by atoms with Gasteiger partial charge in [-0.1, -0.05) is 0 Å². The average Bonchev–Trinajstić information content (AvgIpc) is 2.45. The van der Waals surface area contributed by atoms with Crippen molar-refractivity contribution in [2.75, 3.05) is 0 Å². The Morgan fingerprint density at radius 1 is 1.69 bits per heavy atom. The molecule has 0 saturated carbocycles. The molecule has 7 heteroatoms. The Morgan fingerprint density at radius 3 is 2.75 bits per heavy atom. The SMILES string of the molecule is Cc1sc(Br)cc1S(=O)(=O)NC(C)CC#N. The lowest BCUT2D eigenvalue weighted by Gasteiger charge is -2.10. The molecule has 16 heavy (non-hydrogen) atoms. The smallest absolute Gasteiger partial charge is 0.207 e. The van der Waals surface area contributed by atoms with Crippen molar-refractivity contribution in [3.63, 3.8) is 0 Å². The molecule has 1 aromatic rings. The van der Waals surface area contributed by atoms with E-state index in [9.17, 15) is 8.42 Å². The average molecular weight is 323 g/mol. The third-order valence-electron chi connectivity index (χ3n) is 1.89. The molecule has 0 aromatic carbocycles. The molecule has 1 aromatic heterocycles. The van der Waals surface area contributed by atoms with Crippen molar-refractivity contribution in [3.05, 3.63) is 14.7 Å². The number of nitriles is 1. The molecule has 0 aliphatic heterocycles. The molecule has 0 aliphatic rings. The van der Waals surface area contributed by atoms with Crippen molar-refractivity contribution >= 4 is 37.3 Å². The molecule has 88 valence electrons. The van der Waals surface area contributed by atoms with Gasteiger partial charge in [-0.05, 0) is 35.8 Å². The van der Waals surface area contributed by atoms with E-state index in [1.54, 1.807) is 19.9 Å². The van der Waals surface area contributed by atoms with Gasteiger partial charge in [-0.3, -0.25) is 0 Å². The second-order valence-corrected chi connectivity index (χ2v) is 7.67. The van der Waals surface area contributed by atoms with Gasteiger partial charge in [0.15, 0.2) is 0 Å². The van der Waals surface area contributed by atoms with Crippen LogP contribution >= 0.6 is 27.3 Å². The van der Waals surface area contributed by atoms with E-state index in [2.05, 4.69) is 20.7 Å². The summed E-state index contributed by atoms with van der Waals surface area (Å²) in [5.74, 6) is 0. The molecule has 1 rings (SSSR count). The topological polar surface area (TPSA) is 70.0 Å². The summed E-state index contributed by atoms with van der Waals surface area (Å²) in [6, 6.07) is 3.12. The van der Waals surface area contributed by atoms with Gasteiger partial charge < -0.3 is 0 Å². The van der Waals surface area contributed by atoms with Crippen molar-refractivity contribution in [2.24, 2.45) is 0 Å². The number of aryl methyl sites for hydroxylation is 1. The summed E-state index contributed by atoms with van der Waals surface area (Å²) in [5.41, 5.74) is 0. The van der Waals surface area contributed by atoms with Crippen LogP contribution in [0.3, 0.4) is 0 Å². The van der Waals surface area contributed by atoms with Crippen molar-refractivity contribution in [1.29, 1.82) is 5.26 Å². The first-order valence-corrected chi connectivity index (χ1v) is 7.61. The number of nitrogens with one attached hydrogen (secondary N) is 1. The third kappa shape index (κ3) is 3.28. The van der Waals surface area contributed by atoms with E-state index >= 15 is 0 Å². The van der Waals surface area contributed by atoms with Crippen LogP contribution in [0.2, 0.25) is 0 Å². The quantitative estimate of drug-likeness (QED) is 0.925. The highest BCUT2D eigenvalue weighted by Crippen LogP contribution is 2.29. The zero-order valence-electron chi connectivity index (χ0n) is 8.82. The maximum absolute atomic E-state index is 11.9. The van der Waals surface area contributed by atoms with Gasteiger partial charge in [0.25, 0.3) is 0 Å². The van der Waals surface area contributed by atoms with Crippen LogP contribution in [0.15, 0.2) is 14.7 Å². The van der Waals surface area contributed by atoms with Crippen LogP contribution in [0, 0.1) is 18.3 Å². The van der Waals surface area contributed by atoms with Crippen LogP contribution < -0.4 is 4.72 Å². The van der Waals surface area contributed by atoms with Crippen LogP contribution in [-0.4, -0.2) is 14.5 Å². The Hall–Kier alpha value is -0.420. The number of sulfonamides is 1. The van der Waals surface area contributed by atoms with E-state index in [1.807, 2.05) is 6.07 Å². The molecule has 1 unspecified atom stereocenters. The highest BCUT2D eigenvalue weighted by atomic mass is 79.9. The number of hydrogen-bond acceptors (Lipinski definition) is 4. The Bertz CT molecular complexity index is 516. The Morgan fingerprint density at radius 2 is 2.31 bits per heavy atom. The molecule has 0 spiro atoms. The number of thiophene rings is 1. The molecule has 0 radical (unpaired) electrons. The molecule has 1 atom stereocenters. The van der Waals surface area contributed by atoms with Crippen LogP contribution in [0.4, 0.5) is 0 Å². The lowest BCUT2D eigenvalue weighted by atomic mass is 10.3. The van der Waals surface area contributed by atoms with Gasteiger partial charge in [0.1, 0.15) is 0 Å². The second kappa shape index (κ2) is 5.27. The molecule has 0 bridgehead atoms. The summed E-state index contributed by atoms with van der Waals surface area (Å²) in [5, 5.41) is 8.47. The second-order valence-electron chi connectivity index (χ2n) is 3.36. The molecule has 1 heterocycles. The summed E-state index contributed by atoms with van der Waals surface area (Å²) in [6.07, 6.45) is 0.156. The Kier molecular flexibility index (Phi) is 4.50. The number of nitrogens with zero attached hydrogens (tertiary/aromatic N) is 1. The monoisotopic (exact) mass is 322 g/mol. The minimum atomic E-state index is -3.51. The van der Waals surface area contributed by atoms with Crippen LogP contribution in [0.1, 0.15) is 18.2 Å². The first-order chi connectivity index (χ1) is 7.36. The van der Waals surface area contributed by atoms with Crippen molar-refractivity contribution < 1.29 is 8.42 Å². The zero-order valence-corrected chi connectivity index (χ0v) is 12.0. The molecule has 1 N–H and O–H groups in total. The van der Waals surface area contributed by atoms with Gasteiger partial charge in [0, 0.05) is 10.9 Å². The summed E-state index contributed by atoms with van der Waals surface area (Å²) in [6.45, 7) is 3.41. The summed E-state index contributed by atoms with van der Waals surface area (Å²) < 4.78 is 27.1. The summed E-state index contributed by atoms with van der Waals surface area (Å²) in [4.78, 5) is 0.998.